The number of nitroso groups, excluding NO2 is 1. The van der Waals surface area contributed by atoms with Crippen LogP contribution >= 0.6 is 0 Å². The Morgan fingerprint density at radius 2 is 2.23 bits per heavy atom. The highest BCUT2D eigenvalue weighted by molar-refractivity contribution is 5.94. The summed E-state index contributed by atoms with van der Waals surface area (Å²) < 4.78 is 5.48. The topological polar surface area (TPSA) is 134 Å². The van der Waals surface area contributed by atoms with Gasteiger partial charge in [-0.15, -0.1) is 0 Å². The summed E-state index contributed by atoms with van der Waals surface area (Å²) in [5, 5.41) is 24.9. The highest BCUT2D eigenvalue weighted by Gasteiger charge is 2.44. The van der Waals surface area contributed by atoms with Crippen LogP contribution in [-0.2, 0) is 4.74 Å². The Kier molecular flexibility index (Phi) is 5.19. The molecule has 5 N–H and O–H groups in total. The Labute approximate surface area is 127 Å². The summed E-state index contributed by atoms with van der Waals surface area (Å²) in [5.74, 6) is -0.0893. The SMILES string of the molecule is CC(=O)c1cccc(NC2OC(CO)C(O)C(N=O)C2N)c1. The Balaban J connectivity index is 2.18. The fourth-order valence-electron chi connectivity index (χ4n) is 2.39. The molecule has 120 valence electrons. The van der Waals surface area contributed by atoms with Crippen LogP contribution in [0.5, 0.6) is 0 Å². The third-order valence-electron chi connectivity index (χ3n) is 3.68. The normalized spacial score (nSPS) is 31.5. The second-order valence-corrected chi connectivity index (χ2v) is 5.22. The van der Waals surface area contributed by atoms with E-state index in [1.54, 1.807) is 24.3 Å². The van der Waals surface area contributed by atoms with Gasteiger partial charge in [0, 0.05) is 11.3 Å². The van der Waals surface area contributed by atoms with Gasteiger partial charge in [-0.1, -0.05) is 17.3 Å². The van der Waals surface area contributed by atoms with E-state index in [2.05, 4.69) is 10.5 Å². The molecule has 8 nitrogen and oxygen atoms in total. The molecule has 8 heteroatoms. The van der Waals surface area contributed by atoms with Crippen LogP contribution < -0.4 is 11.1 Å². The maximum Gasteiger partial charge on any atom is 0.159 e. The Morgan fingerprint density at radius 3 is 2.82 bits per heavy atom. The molecule has 0 amide bonds. The molecule has 1 saturated heterocycles. The Hall–Kier alpha value is -1.87. The third-order valence-corrected chi connectivity index (χ3v) is 3.68. The first-order valence-corrected chi connectivity index (χ1v) is 6.88. The number of nitrogens with zero attached hydrogens (tertiary/aromatic N) is 1. The average molecular weight is 309 g/mol. The number of hydrogen-bond acceptors (Lipinski definition) is 8. The predicted molar refractivity (Wildman–Crippen MR) is 79.4 cm³/mol. The number of nitrogens with one attached hydrogen (secondary N) is 1. The van der Waals surface area contributed by atoms with Gasteiger partial charge >= 0.3 is 0 Å². The van der Waals surface area contributed by atoms with E-state index in [1.807, 2.05) is 0 Å². The van der Waals surface area contributed by atoms with Crippen molar-refractivity contribution >= 4 is 11.5 Å². The van der Waals surface area contributed by atoms with Crippen LogP contribution in [0.4, 0.5) is 5.69 Å². The summed E-state index contributed by atoms with van der Waals surface area (Å²) in [4.78, 5) is 22.3. The summed E-state index contributed by atoms with van der Waals surface area (Å²) in [7, 11) is 0. The van der Waals surface area contributed by atoms with Crippen molar-refractivity contribution in [3.05, 3.63) is 34.7 Å². The van der Waals surface area contributed by atoms with Gasteiger partial charge in [-0.2, -0.15) is 4.91 Å². The molecule has 0 aromatic heterocycles. The predicted octanol–water partition coefficient (Wildman–Crippen LogP) is -0.159. The number of aliphatic hydroxyl groups excluding tert-OH is 2. The van der Waals surface area contributed by atoms with Crippen molar-refractivity contribution in [3.8, 4) is 0 Å². The maximum absolute atomic E-state index is 11.4. The Morgan fingerprint density at radius 1 is 1.50 bits per heavy atom. The lowest BCUT2D eigenvalue weighted by molar-refractivity contribution is -0.140. The fraction of sp³-hybridized carbons (Fsp3) is 0.500. The van der Waals surface area contributed by atoms with Crippen LogP contribution in [-0.4, -0.2) is 53.1 Å². The molecule has 0 aliphatic carbocycles. The molecule has 1 aromatic rings. The van der Waals surface area contributed by atoms with Gasteiger partial charge in [-0.3, -0.25) is 4.79 Å². The van der Waals surface area contributed by atoms with Crippen molar-refractivity contribution in [3.63, 3.8) is 0 Å². The van der Waals surface area contributed by atoms with E-state index in [4.69, 9.17) is 10.5 Å². The van der Waals surface area contributed by atoms with Crippen molar-refractivity contribution in [2.45, 2.75) is 37.4 Å². The quantitative estimate of drug-likeness (QED) is 0.438. The number of aliphatic hydroxyl groups is 2. The van der Waals surface area contributed by atoms with Crippen LogP contribution in [0.3, 0.4) is 0 Å². The summed E-state index contributed by atoms with van der Waals surface area (Å²) in [6.45, 7) is 0.984. The molecule has 0 radical (unpaired) electrons. The second-order valence-electron chi connectivity index (χ2n) is 5.22. The van der Waals surface area contributed by atoms with E-state index < -0.39 is 37.1 Å². The van der Waals surface area contributed by atoms with Crippen molar-refractivity contribution in [1.82, 2.24) is 0 Å². The first-order chi connectivity index (χ1) is 10.5. The average Bonchev–Trinajstić information content (AvgIpc) is 2.51. The van der Waals surface area contributed by atoms with Crippen LogP contribution in [0.1, 0.15) is 17.3 Å². The largest absolute Gasteiger partial charge is 0.394 e. The summed E-state index contributed by atoms with van der Waals surface area (Å²) >= 11 is 0. The van der Waals surface area contributed by atoms with Gasteiger partial charge in [-0.25, -0.2) is 0 Å². The van der Waals surface area contributed by atoms with Gasteiger partial charge in [0.05, 0.1) is 12.6 Å². The van der Waals surface area contributed by atoms with E-state index in [-0.39, 0.29) is 5.78 Å². The molecule has 22 heavy (non-hydrogen) atoms. The Bertz CT molecular complexity index is 553. The molecule has 0 spiro atoms. The molecule has 0 bridgehead atoms. The minimum atomic E-state index is -1.26. The molecule has 1 aliphatic heterocycles. The van der Waals surface area contributed by atoms with E-state index in [1.165, 1.54) is 6.92 Å². The van der Waals surface area contributed by atoms with Crippen LogP contribution in [0.25, 0.3) is 0 Å². The number of carbonyl (C=O) groups is 1. The van der Waals surface area contributed by atoms with Crippen molar-refractivity contribution in [2.24, 2.45) is 10.9 Å². The number of nitrogens with two attached hydrogens (primary N) is 1. The highest BCUT2D eigenvalue weighted by Crippen LogP contribution is 2.24. The van der Waals surface area contributed by atoms with Gasteiger partial charge in [0.25, 0.3) is 0 Å². The lowest BCUT2D eigenvalue weighted by Gasteiger charge is -2.40. The number of benzene rings is 1. The zero-order chi connectivity index (χ0) is 16.3. The first-order valence-electron chi connectivity index (χ1n) is 6.88. The minimum absolute atomic E-state index is 0.0893. The number of carbonyl (C=O) groups excluding carboxylic acids is 1. The number of anilines is 1. The highest BCUT2D eigenvalue weighted by atomic mass is 16.5. The van der Waals surface area contributed by atoms with Crippen molar-refractivity contribution in [1.29, 1.82) is 0 Å². The molecule has 1 aromatic carbocycles. The third kappa shape index (κ3) is 3.30. The zero-order valence-corrected chi connectivity index (χ0v) is 12.0. The van der Waals surface area contributed by atoms with Crippen LogP contribution in [0.2, 0.25) is 0 Å². The minimum Gasteiger partial charge on any atom is -0.394 e. The van der Waals surface area contributed by atoms with Gasteiger partial charge in [-0.05, 0) is 19.1 Å². The molecular weight excluding hydrogens is 290 g/mol. The molecule has 1 fully saturated rings. The van der Waals surface area contributed by atoms with E-state index in [9.17, 15) is 19.9 Å². The second kappa shape index (κ2) is 6.93. The fourth-order valence-corrected chi connectivity index (χ4v) is 2.39. The lowest BCUT2D eigenvalue weighted by Crippen LogP contribution is -2.63. The molecule has 0 saturated carbocycles. The zero-order valence-electron chi connectivity index (χ0n) is 12.0. The summed E-state index contributed by atoms with van der Waals surface area (Å²) in [6.07, 6.45) is -3.06. The number of ketones is 1. The van der Waals surface area contributed by atoms with Crippen molar-refractivity contribution < 1.29 is 19.7 Å². The van der Waals surface area contributed by atoms with E-state index >= 15 is 0 Å². The summed E-state index contributed by atoms with van der Waals surface area (Å²) in [6, 6.07) is 4.72. The molecule has 1 heterocycles. The lowest BCUT2D eigenvalue weighted by atomic mass is 9.94. The molecule has 2 rings (SSSR count). The number of ether oxygens (including phenoxy) is 1. The van der Waals surface area contributed by atoms with Crippen LogP contribution in [0.15, 0.2) is 29.4 Å². The maximum atomic E-state index is 11.4. The first kappa shape index (κ1) is 16.5. The van der Waals surface area contributed by atoms with Crippen molar-refractivity contribution in [2.75, 3.05) is 11.9 Å². The van der Waals surface area contributed by atoms with Gasteiger partial charge in [0.15, 0.2) is 5.78 Å². The molecule has 1 aliphatic rings. The number of rotatable bonds is 5. The molecule has 5 atom stereocenters. The number of hydrogen-bond donors (Lipinski definition) is 4. The van der Waals surface area contributed by atoms with E-state index in [0.717, 1.165) is 0 Å². The van der Waals surface area contributed by atoms with Gasteiger partial charge in [0.1, 0.15) is 24.5 Å². The molecule has 5 unspecified atom stereocenters. The van der Waals surface area contributed by atoms with Gasteiger partial charge < -0.3 is 26.0 Å². The van der Waals surface area contributed by atoms with Gasteiger partial charge in [0.2, 0.25) is 0 Å². The smallest absolute Gasteiger partial charge is 0.159 e. The standard InChI is InChI=1S/C14H19N3O5/c1-7(19)8-3-2-4-9(5-8)16-14-11(15)12(17-21)13(20)10(6-18)22-14/h2-5,10-14,16,18,20H,6,15H2,1H3. The number of Topliss-reactive ketones (excluding diaryl/α,β-unsaturated/α-hetero) is 1. The molecular formula is C14H19N3O5. The monoisotopic (exact) mass is 309 g/mol. The summed E-state index contributed by atoms with van der Waals surface area (Å²) in [5.41, 5.74) is 6.98. The van der Waals surface area contributed by atoms with Crippen LogP contribution in [0, 0.1) is 4.91 Å². The van der Waals surface area contributed by atoms with E-state index in [0.29, 0.717) is 11.3 Å².